The second kappa shape index (κ2) is 14.2. The second-order valence-electron chi connectivity index (χ2n) is 10.6. The van der Waals surface area contributed by atoms with Crippen molar-refractivity contribution < 1.29 is 54.2 Å². The number of carboxylic acid groups (broad SMARTS) is 1. The Kier molecular flexibility index (Phi) is 10.7. The number of nitrogens with one attached hydrogen (secondary N) is 1. The van der Waals surface area contributed by atoms with Gasteiger partial charge in [0.05, 0.1) is 29.5 Å². The van der Waals surface area contributed by atoms with Crippen LogP contribution in [0.1, 0.15) is 35.2 Å². The molecular formula is C29H29F9N6O3. The van der Waals surface area contributed by atoms with Gasteiger partial charge in [0.2, 0.25) is 5.95 Å². The van der Waals surface area contributed by atoms with Crippen molar-refractivity contribution in [1.29, 1.82) is 0 Å². The molecule has 0 bridgehead atoms. The summed E-state index contributed by atoms with van der Waals surface area (Å²) in [5.41, 5.74) is 0.203. The van der Waals surface area contributed by atoms with E-state index in [4.69, 9.17) is 24.6 Å². The number of hydrogen-bond donors (Lipinski definition) is 2. The van der Waals surface area contributed by atoms with Crippen molar-refractivity contribution in [3.8, 4) is 0 Å². The Morgan fingerprint density at radius 1 is 0.957 bits per heavy atom. The lowest BCUT2D eigenvalue weighted by Crippen LogP contribution is -2.34. The number of fused-ring (bicyclic) bond motifs is 1. The molecule has 1 atom stereocenters. The van der Waals surface area contributed by atoms with Crippen LogP contribution in [0.3, 0.4) is 0 Å². The molecule has 0 amide bonds. The van der Waals surface area contributed by atoms with Gasteiger partial charge in [-0.25, -0.2) is 14.8 Å². The highest BCUT2D eigenvalue weighted by Crippen LogP contribution is 2.37. The average Bonchev–Trinajstić information content (AvgIpc) is 3.34. The fourth-order valence-corrected chi connectivity index (χ4v) is 5.24. The van der Waals surface area contributed by atoms with Crippen LogP contribution in [0, 0.1) is 0 Å². The zero-order chi connectivity index (χ0) is 34.6. The molecule has 2 N–H and O–H groups in total. The van der Waals surface area contributed by atoms with E-state index in [0.717, 1.165) is 31.0 Å². The number of benzene rings is 1. The fraction of sp³-hybridized carbons (Fsp3) is 0.448. The van der Waals surface area contributed by atoms with Crippen LogP contribution in [0.2, 0.25) is 0 Å². The normalized spacial score (nSPS) is 17.0. The Labute approximate surface area is 262 Å². The van der Waals surface area contributed by atoms with Gasteiger partial charge in [0.25, 0.3) is 0 Å². The second-order valence-corrected chi connectivity index (χ2v) is 10.6. The van der Waals surface area contributed by atoms with Gasteiger partial charge in [0, 0.05) is 50.6 Å². The van der Waals surface area contributed by atoms with Gasteiger partial charge in [0.15, 0.2) is 0 Å². The number of carbonyl (C=O) groups is 1. The molecule has 18 heteroatoms. The third-order valence-electron chi connectivity index (χ3n) is 7.43. The number of aliphatic carboxylic acids is 1. The summed E-state index contributed by atoms with van der Waals surface area (Å²) in [5, 5.41) is 10.3. The number of nitrogens with zero attached hydrogens (tertiary/aromatic N) is 5. The lowest BCUT2D eigenvalue weighted by Gasteiger charge is -2.26. The maximum Gasteiger partial charge on any atom is 0.490 e. The minimum absolute atomic E-state index is 0.0621. The Hall–Kier alpha value is -4.35. The van der Waals surface area contributed by atoms with Crippen LogP contribution in [0.15, 0.2) is 42.6 Å². The number of hydrogen-bond acceptors (Lipinski definition) is 8. The van der Waals surface area contributed by atoms with E-state index in [0.29, 0.717) is 54.7 Å². The molecule has 2 aliphatic rings. The lowest BCUT2D eigenvalue weighted by atomic mass is 10.1. The first-order valence-electron chi connectivity index (χ1n) is 14.2. The molecule has 9 nitrogen and oxygen atoms in total. The SMILES string of the molecule is COC[C@@H]1CCCN1c1nc2c(c(Nc3ccc(C(F)(F)F)cc3)n1)CCN(c1ncccc1C(F)(F)F)CC2.O=C(O)C(F)(F)F. The van der Waals surface area contributed by atoms with Gasteiger partial charge in [-0.1, -0.05) is 0 Å². The molecule has 5 rings (SSSR count). The van der Waals surface area contributed by atoms with Crippen molar-refractivity contribution in [3.63, 3.8) is 0 Å². The molecule has 1 saturated heterocycles. The topological polar surface area (TPSA) is 104 Å². The average molecular weight is 681 g/mol. The maximum atomic E-state index is 13.7. The van der Waals surface area contributed by atoms with Crippen LogP contribution < -0.4 is 15.1 Å². The summed E-state index contributed by atoms with van der Waals surface area (Å²) in [6.45, 7) is 1.68. The van der Waals surface area contributed by atoms with Gasteiger partial charge in [-0.2, -0.15) is 44.5 Å². The maximum absolute atomic E-state index is 13.7. The highest BCUT2D eigenvalue weighted by atomic mass is 19.4. The monoisotopic (exact) mass is 680 g/mol. The molecule has 0 unspecified atom stereocenters. The first-order chi connectivity index (χ1) is 22.0. The van der Waals surface area contributed by atoms with E-state index in [1.54, 1.807) is 12.0 Å². The molecule has 0 radical (unpaired) electrons. The molecule has 47 heavy (non-hydrogen) atoms. The van der Waals surface area contributed by atoms with Crippen LogP contribution in [-0.4, -0.2) is 71.6 Å². The van der Waals surface area contributed by atoms with Gasteiger partial charge in [-0.05, 0) is 55.7 Å². The molecule has 1 aromatic carbocycles. The highest BCUT2D eigenvalue weighted by Gasteiger charge is 2.38. The van der Waals surface area contributed by atoms with Gasteiger partial charge in [0.1, 0.15) is 11.6 Å². The smallest absolute Gasteiger partial charge is 0.475 e. The number of ether oxygens (including phenoxy) is 1. The van der Waals surface area contributed by atoms with Crippen molar-refractivity contribution in [2.45, 2.75) is 50.3 Å². The number of aromatic nitrogens is 3. The van der Waals surface area contributed by atoms with Gasteiger partial charge >= 0.3 is 24.5 Å². The van der Waals surface area contributed by atoms with E-state index in [9.17, 15) is 39.5 Å². The quantitative estimate of drug-likeness (QED) is 0.282. The van der Waals surface area contributed by atoms with Crippen LogP contribution >= 0.6 is 0 Å². The molecule has 3 aromatic rings. The number of alkyl halides is 9. The van der Waals surface area contributed by atoms with Crippen molar-refractivity contribution in [2.75, 3.05) is 48.5 Å². The summed E-state index contributed by atoms with van der Waals surface area (Å²) in [5.74, 6) is -2.03. The minimum Gasteiger partial charge on any atom is -0.475 e. The van der Waals surface area contributed by atoms with Crippen molar-refractivity contribution in [3.05, 3.63) is 65.0 Å². The number of halogens is 9. The highest BCUT2D eigenvalue weighted by molar-refractivity contribution is 5.73. The molecular weight excluding hydrogens is 651 g/mol. The fourth-order valence-electron chi connectivity index (χ4n) is 5.24. The van der Waals surface area contributed by atoms with Gasteiger partial charge in [-0.15, -0.1) is 0 Å². The Morgan fingerprint density at radius 2 is 1.62 bits per heavy atom. The molecule has 1 fully saturated rings. The number of methoxy groups -OCH3 is 1. The van der Waals surface area contributed by atoms with Crippen LogP contribution in [0.4, 0.5) is 62.8 Å². The van der Waals surface area contributed by atoms with E-state index in [-0.39, 0.29) is 24.9 Å². The van der Waals surface area contributed by atoms with Gasteiger partial charge in [-0.3, -0.25) is 0 Å². The number of anilines is 4. The van der Waals surface area contributed by atoms with Crippen molar-refractivity contribution in [1.82, 2.24) is 15.0 Å². The molecule has 256 valence electrons. The molecule has 0 spiro atoms. The Balaban J connectivity index is 0.000000644. The molecule has 4 heterocycles. The summed E-state index contributed by atoms with van der Waals surface area (Å²) in [4.78, 5) is 26.2. The van der Waals surface area contributed by atoms with Crippen LogP contribution in [0.25, 0.3) is 0 Å². The van der Waals surface area contributed by atoms with Crippen molar-refractivity contribution in [2.24, 2.45) is 0 Å². The summed E-state index contributed by atoms with van der Waals surface area (Å²) in [7, 11) is 1.62. The largest absolute Gasteiger partial charge is 0.490 e. The Bertz CT molecular complexity index is 1530. The summed E-state index contributed by atoms with van der Waals surface area (Å²) >= 11 is 0. The van der Waals surface area contributed by atoms with E-state index in [1.807, 2.05) is 4.90 Å². The van der Waals surface area contributed by atoms with E-state index in [2.05, 4.69) is 10.3 Å². The standard InChI is InChI=1S/C27H28F6N6O.C2HF3O2/c1-40-16-19-4-3-13-39(19)25-36-22-11-15-38(24-21(27(31,32)33)5-2-12-34-24)14-10-20(22)23(37-25)35-18-8-6-17(7-9-18)26(28,29)30;3-2(4,5)1(6)7/h2,5-9,12,19H,3-4,10-11,13-16H2,1H3,(H,35,36,37);(H,6,7)/t19-;/m0./s1. The third-order valence-corrected chi connectivity index (χ3v) is 7.43. The van der Waals surface area contributed by atoms with Crippen LogP contribution in [-0.2, 0) is 34.7 Å². The molecule has 2 aliphatic heterocycles. The minimum atomic E-state index is -5.08. The molecule has 0 saturated carbocycles. The van der Waals surface area contributed by atoms with Gasteiger partial charge < -0.3 is 25.0 Å². The van der Waals surface area contributed by atoms with Crippen LogP contribution in [0.5, 0.6) is 0 Å². The lowest BCUT2D eigenvalue weighted by molar-refractivity contribution is -0.192. The zero-order valence-electron chi connectivity index (χ0n) is 24.7. The van der Waals surface area contributed by atoms with Crippen molar-refractivity contribution >= 4 is 29.2 Å². The molecule has 2 aromatic heterocycles. The Morgan fingerprint density at radius 3 is 2.21 bits per heavy atom. The predicted molar refractivity (Wildman–Crippen MR) is 152 cm³/mol. The summed E-state index contributed by atoms with van der Waals surface area (Å²) in [6.07, 6.45) is -10.3. The summed E-state index contributed by atoms with van der Waals surface area (Å²) < 4.78 is 118. The van der Waals surface area contributed by atoms with E-state index < -0.39 is 35.6 Å². The first kappa shape index (κ1) is 35.5. The number of rotatable bonds is 6. The predicted octanol–water partition coefficient (Wildman–Crippen LogP) is 6.51. The zero-order valence-corrected chi connectivity index (χ0v) is 24.7. The number of carboxylic acids is 1. The summed E-state index contributed by atoms with van der Waals surface area (Å²) in [6, 6.07) is 6.96. The van der Waals surface area contributed by atoms with E-state index >= 15 is 0 Å². The third kappa shape index (κ3) is 8.93. The molecule has 0 aliphatic carbocycles. The first-order valence-corrected chi connectivity index (χ1v) is 14.2. The number of pyridine rings is 1. The van der Waals surface area contributed by atoms with E-state index in [1.165, 1.54) is 24.4 Å².